The summed E-state index contributed by atoms with van der Waals surface area (Å²) in [6.45, 7) is 4.36. The fourth-order valence-electron chi connectivity index (χ4n) is 3.77. The summed E-state index contributed by atoms with van der Waals surface area (Å²) in [4.78, 5) is 5.22. The lowest BCUT2D eigenvalue weighted by atomic mass is 9.99. The van der Waals surface area contributed by atoms with Gasteiger partial charge in [-0.2, -0.15) is 0 Å². The number of fused-ring (bicyclic) bond motifs is 1. The van der Waals surface area contributed by atoms with Crippen molar-refractivity contribution in [2.45, 2.75) is 31.5 Å². The van der Waals surface area contributed by atoms with E-state index in [0.29, 0.717) is 12.1 Å². The molecule has 0 saturated carbocycles. The average molecular weight is 283 g/mol. The van der Waals surface area contributed by atoms with Crippen molar-refractivity contribution in [1.29, 1.82) is 0 Å². The second-order valence-corrected chi connectivity index (χ2v) is 6.13. The van der Waals surface area contributed by atoms with E-state index in [0.717, 1.165) is 25.4 Å². The van der Waals surface area contributed by atoms with Crippen molar-refractivity contribution < 1.29 is 4.52 Å². The topological polar surface area (TPSA) is 32.5 Å². The molecule has 0 radical (unpaired) electrons. The Kier molecular flexibility index (Phi) is 3.49. The number of hydrogen-bond donors (Lipinski definition) is 0. The number of aromatic nitrogens is 1. The Hall–Kier alpha value is -1.65. The van der Waals surface area contributed by atoms with Crippen LogP contribution in [0.3, 0.4) is 0 Å². The van der Waals surface area contributed by atoms with Crippen LogP contribution in [0.15, 0.2) is 47.1 Å². The summed E-state index contributed by atoms with van der Waals surface area (Å²) in [5.41, 5.74) is 1.40. The highest BCUT2D eigenvalue weighted by molar-refractivity contribution is 5.21. The monoisotopic (exact) mass is 283 g/mol. The minimum absolute atomic E-state index is 0.450. The molecule has 110 valence electrons. The van der Waals surface area contributed by atoms with Gasteiger partial charge in [0, 0.05) is 31.2 Å². The van der Waals surface area contributed by atoms with Crippen molar-refractivity contribution in [1.82, 2.24) is 15.0 Å². The third kappa shape index (κ3) is 2.61. The SMILES string of the molecule is c1ccc(C2CN3CCCC3CN2Cc2ccno2)cc1. The zero-order valence-corrected chi connectivity index (χ0v) is 12.2. The van der Waals surface area contributed by atoms with Gasteiger partial charge >= 0.3 is 0 Å². The molecule has 2 aliphatic rings. The molecule has 2 unspecified atom stereocenters. The smallest absolute Gasteiger partial charge is 0.150 e. The highest BCUT2D eigenvalue weighted by atomic mass is 16.5. The number of rotatable bonds is 3. The van der Waals surface area contributed by atoms with E-state index in [1.807, 2.05) is 6.07 Å². The number of nitrogens with zero attached hydrogens (tertiary/aromatic N) is 3. The third-order valence-electron chi connectivity index (χ3n) is 4.83. The summed E-state index contributed by atoms with van der Waals surface area (Å²) in [5.74, 6) is 0.961. The fraction of sp³-hybridized carbons (Fsp3) is 0.471. The van der Waals surface area contributed by atoms with Gasteiger partial charge in [0.15, 0.2) is 5.76 Å². The zero-order chi connectivity index (χ0) is 14.1. The van der Waals surface area contributed by atoms with Crippen molar-refractivity contribution in [3.8, 4) is 0 Å². The summed E-state index contributed by atoms with van der Waals surface area (Å²) in [6.07, 6.45) is 4.40. The van der Waals surface area contributed by atoms with E-state index in [4.69, 9.17) is 4.52 Å². The van der Waals surface area contributed by atoms with Gasteiger partial charge in [0.1, 0.15) is 0 Å². The Labute approximate surface area is 125 Å². The van der Waals surface area contributed by atoms with Gasteiger partial charge in [-0.3, -0.25) is 9.80 Å². The van der Waals surface area contributed by atoms with E-state index in [9.17, 15) is 0 Å². The Morgan fingerprint density at radius 1 is 1.14 bits per heavy atom. The summed E-state index contributed by atoms with van der Waals surface area (Å²) in [6, 6.07) is 14.0. The average Bonchev–Trinajstić information content (AvgIpc) is 3.18. The lowest BCUT2D eigenvalue weighted by molar-refractivity contribution is 0.0390. The van der Waals surface area contributed by atoms with Crippen LogP contribution in [-0.4, -0.2) is 40.6 Å². The van der Waals surface area contributed by atoms with Crippen LogP contribution in [0.1, 0.15) is 30.2 Å². The highest BCUT2D eigenvalue weighted by Gasteiger charge is 2.37. The van der Waals surface area contributed by atoms with Crippen LogP contribution in [0.2, 0.25) is 0 Å². The molecule has 0 aliphatic carbocycles. The molecule has 1 aromatic carbocycles. The quantitative estimate of drug-likeness (QED) is 0.867. The van der Waals surface area contributed by atoms with Gasteiger partial charge < -0.3 is 4.52 Å². The fourth-order valence-corrected chi connectivity index (χ4v) is 3.77. The largest absolute Gasteiger partial charge is 0.360 e. The third-order valence-corrected chi connectivity index (χ3v) is 4.83. The summed E-state index contributed by atoms with van der Waals surface area (Å²) < 4.78 is 5.33. The van der Waals surface area contributed by atoms with E-state index in [1.165, 1.54) is 24.9 Å². The molecule has 2 aliphatic heterocycles. The van der Waals surface area contributed by atoms with Crippen molar-refractivity contribution in [2.75, 3.05) is 19.6 Å². The Balaban J connectivity index is 1.60. The van der Waals surface area contributed by atoms with Crippen molar-refractivity contribution in [2.24, 2.45) is 0 Å². The van der Waals surface area contributed by atoms with Crippen LogP contribution in [-0.2, 0) is 6.54 Å². The van der Waals surface area contributed by atoms with Gasteiger partial charge in [-0.05, 0) is 24.9 Å². The highest BCUT2D eigenvalue weighted by Crippen LogP contribution is 2.33. The first-order valence-corrected chi connectivity index (χ1v) is 7.83. The first kappa shape index (κ1) is 13.0. The second kappa shape index (κ2) is 5.62. The van der Waals surface area contributed by atoms with Crippen molar-refractivity contribution in [3.05, 3.63) is 53.9 Å². The molecule has 3 heterocycles. The predicted octanol–water partition coefficient (Wildman–Crippen LogP) is 2.70. The Morgan fingerprint density at radius 3 is 2.86 bits per heavy atom. The standard InChI is InChI=1S/C17H21N3O/c1-2-5-14(6-3-1)17-13-19-10-4-7-15(19)11-20(17)12-16-8-9-18-21-16/h1-3,5-6,8-9,15,17H,4,7,10-13H2. The van der Waals surface area contributed by atoms with Crippen LogP contribution >= 0.6 is 0 Å². The molecular weight excluding hydrogens is 262 g/mol. The lowest BCUT2D eigenvalue weighted by Crippen LogP contribution is -2.51. The van der Waals surface area contributed by atoms with Crippen molar-refractivity contribution >= 4 is 0 Å². The maximum atomic E-state index is 5.33. The first-order valence-electron chi connectivity index (χ1n) is 7.83. The van der Waals surface area contributed by atoms with E-state index in [2.05, 4.69) is 45.3 Å². The first-order chi connectivity index (χ1) is 10.4. The number of hydrogen-bond acceptors (Lipinski definition) is 4. The van der Waals surface area contributed by atoms with Gasteiger partial charge in [-0.1, -0.05) is 35.5 Å². The molecule has 0 spiro atoms. The van der Waals surface area contributed by atoms with Gasteiger partial charge in [-0.15, -0.1) is 0 Å². The molecule has 2 atom stereocenters. The molecule has 4 heteroatoms. The molecule has 2 aromatic rings. The molecular formula is C17H21N3O. The minimum atomic E-state index is 0.450. The van der Waals surface area contributed by atoms with Gasteiger partial charge in [0.2, 0.25) is 0 Å². The van der Waals surface area contributed by atoms with E-state index >= 15 is 0 Å². The zero-order valence-electron chi connectivity index (χ0n) is 12.2. The predicted molar refractivity (Wildman–Crippen MR) is 80.7 cm³/mol. The van der Waals surface area contributed by atoms with E-state index in [1.54, 1.807) is 6.20 Å². The molecule has 2 fully saturated rings. The normalized spacial score (nSPS) is 26.9. The lowest BCUT2D eigenvalue weighted by Gasteiger charge is -2.43. The number of benzene rings is 1. The van der Waals surface area contributed by atoms with E-state index in [-0.39, 0.29) is 0 Å². The Bertz CT molecular complexity index is 569. The molecule has 0 N–H and O–H groups in total. The molecule has 1 aromatic heterocycles. The van der Waals surface area contributed by atoms with Crippen LogP contribution in [0, 0.1) is 0 Å². The summed E-state index contributed by atoms with van der Waals surface area (Å²) in [7, 11) is 0. The Morgan fingerprint density at radius 2 is 2.05 bits per heavy atom. The molecule has 4 nitrogen and oxygen atoms in total. The molecule has 2 saturated heterocycles. The molecule has 0 amide bonds. The van der Waals surface area contributed by atoms with Crippen LogP contribution in [0.5, 0.6) is 0 Å². The van der Waals surface area contributed by atoms with Crippen LogP contribution in [0.4, 0.5) is 0 Å². The molecule has 21 heavy (non-hydrogen) atoms. The van der Waals surface area contributed by atoms with Gasteiger partial charge in [0.25, 0.3) is 0 Å². The summed E-state index contributed by atoms with van der Waals surface area (Å²) in [5, 5.41) is 3.84. The van der Waals surface area contributed by atoms with Crippen LogP contribution < -0.4 is 0 Å². The molecule has 4 rings (SSSR count). The summed E-state index contributed by atoms with van der Waals surface area (Å²) >= 11 is 0. The van der Waals surface area contributed by atoms with E-state index < -0.39 is 0 Å². The van der Waals surface area contributed by atoms with Crippen LogP contribution in [0.25, 0.3) is 0 Å². The maximum absolute atomic E-state index is 5.33. The maximum Gasteiger partial charge on any atom is 0.150 e. The number of piperazine rings is 1. The molecule has 0 bridgehead atoms. The minimum Gasteiger partial charge on any atom is -0.360 e. The van der Waals surface area contributed by atoms with Gasteiger partial charge in [-0.25, -0.2) is 0 Å². The van der Waals surface area contributed by atoms with Crippen molar-refractivity contribution in [3.63, 3.8) is 0 Å². The second-order valence-electron chi connectivity index (χ2n) is 6.13. The van der Waals surface area contributed by atoms with Gasteiger partial charge in [0.05, 0.1) is 12.7 Å².